The van der Waals surface area contributed by atoms with Gasteiger partial charge in [0, 0.05) is 6.42 Å². The predicted octanol–water partition coefficient (Wildman–Crippen LogP) is 3.55. The lowest BCUT2D eigenvalue weighted by atomic mass is 9.91. The molecule has 1 aromatic carbocycles. The Morgan fingerprint density at radius 3 is 2.50 bits per heavy atom. The quantitative estimate of drug-likeness (QED) is 0.770. The summed E-state index contributed by atoms with van der Waals surface area (Å²) in [5, 5.41) is 9.09. The zero-order chi connectivity index (χ0) is 14.8. The average molecular weight is 267 g/mol. The molecule has 102 valence electrons. The molecule has 0 bridgehead atoms. The van der Waals surface area contributed by atoms with Gasteiger partial charge in [0.15, 0.2) is 0 Å². The van der Waals surface area contributed by atoms with Gasteiger partial charge in [-0.3, -0.25) is 0 Å². The van der Waals surface area contributed by atoms with E-state index in [0.717, 1.165) is 11.1 Å². The van der Waals surface area contributed by atoms with Crippen LogP contribution in [0.2, 0.25) is 0 Å². The van der Waals surface area contributed by atoms with E-state index >= 15 is 0 Å². The molecule has 0 saturated heterocycles. The van der Waals surface area contributed by atoms with E-state index in [1.165, 1.54) is 5.56 Å². The fraction of sp³-hybridized carbons (Fsp3) is 0.294. The highest BCUT2D eigenvalue weighted by Crippen LogP contribution is 2.30. The van der Waals surface area contributed by atoms with Crippen molar-refractivity contribution in [2.45, 2.75) is 32.8 Å². The third kappa shape index (κ3) is 3.16. The topological polar surface area (TPSA) is 50.1 Å². The molecule has 0 radical (unpaired) electrons. The molecular weight excluding hydrogens is 250 g/mol. The number of cyclic esters (lactones) is 1. The molecular formula is C17H17NO2. The van der Waals surface area contributed by atoms with Crippen LogP contribution in [0.15, 0.2) is 41.5 Å². The smallest absolute Gasteiger partial charge is 0.349 e. The van der Waals surface area contributed by atoms with Crippen LogP contribution in [0.4, 0.5) is 0 Å². The molecule has 0 N–H and O–H groups in total. The second kappa shape index (κ2) is 5.34. The number of carbonyl (C=O) groups is 1. The predicted molar refractivity (Wildman–Crippen MR) is 77.6 cm³/mol. The molecule has 3 nitrogen and oxygen atoms in total. The fourth-order valence-electron chi connectivity index (χ4n) is 2.15. The first kappa shape index (κ1) is 14.1. The van der Waals surface area contributed by atoms with Crippen LogP contribution in [-0.2, 0) is 9.53 Å². The number of esters is 1. The molecule has 1 aliphatic heterocycles. The van der Waals surface area contributed by atoms with Gasteiger partial charge in [-0.25, -0.2) is 4.79 Å². The standard InChI is InChI=1S/C17H17NO2/c1-12-4-6-13(7-5-12)8-9-14-10-17(2,3)20-16(19)15(14)11-18/h4-9H,10H2,1-3H3/b9-8+. The van der Waals surface area contributed by atoms with Crippen molar-refractivity contribution in [3.05, 3.63) is 52.6 Å². The van der Waals surface area contributed by atoms with Crippen molar-refractivity contribution in [3.63, 3.8) is 0 Å². The Kier molecular flexibility index (Phi) is 3.76. The number of benzene rings is 1. The molecule has 0 fully saturated rings. The van der Waals surface area contributed by atoms with E-state index in [2.05, 4.69) is 0 Å². The monoisotopic (exact) mass is 267 g/mol. The van der Waals surface area contributed by atoms with Gasteiger partial charge in [-0.1, -0.05) is 42.0 Å². The van der Waals surface area contributed by atoms with Crippen LogP contribution in [-0.4, -0.2) is 11.6 Å². The number of hydrogen-bond donors (Lipinski definition) is 0. The summed E-state index contributed by atoms with van der Waals surface area (Å²) in [4.78, 5) is 11.8. The SMILES string of the molecule is Cc1ccc(/C=C/C2=C(C#N)C(=O)OC(C)(C)C2)cc1. The lowest BCUT2D eigenvalue weighted by Gasteiger charge is -2.30. The highest BCUT2D eigenvalue weighted by Gasteiger charge is 2.33. The summed E-state index contributed by atoms with van der Waals surface area (Å²) in [5.74, 6) is -0.535. The molecule has 0 unspecified atom stereocenters. The van der Waals surface area contributed by atoms with Crippen molar-refractivity contribution in [1.82, 2.24) is 0 Å². The Morgan fingerprint density at radius 1 is 1.25 bits per heavy atom. The number of nitriles is 1. The van der Waals surface area contributed by atoms with Crippen molar-refractivity contribution < 1.29 is 9.53 Å². The molecule has 20 heavy (non-hydrogen) atoms. The summed E-state index contributed by atoms with van der Waals surface area (Å²) in [6.07, 6.45) is 4.30. The number of rotatable bonds is 2. The third-order valence-electron chi connectivity index (χ3n) is 3.18. The number of hydrogen-bond acceptors (Lipinski definition) is 3. The normalized spacial score (nSPS) is 18.0. The van der Waals surface area contributed by atoms with Gasteiger partial charge in [0.1, 0.15) is 17.2 Å². The molecule has 0 saturated carbocycles. The van der Waals surface area contributed by atoms with Gasteiger partial charge in [-0.2, -0.15) is 5.26 Å². The van der Waals surface area contributed by atoms with E-state index in [-0.39, 0.29) is 5.57 Å². The van der Waals surface area contributed by atoms with E-state index in [4.69, 9.17) is 10.00 Å². The Balaban J connectivity index is 2.32. The molecule has 0 amide bonds. The van der Waals surface area contributed by atoms with Crippen molar-refractivity contribution >= 4 is 12.0 Å². The second-order valence-electron chi connectivity index (χ2n) is 5.58. The first-order valence-corrected chi connectivity index (χ1v) is 6.53. The molecule has 0 spiro atoms. The maximum absolute atomic E-state index is 11.8. The van der Waals surface area contributed by atoms with Gasteiger partial charge in [-0.15, -0.1) is 0 Å². The zero-order valence-corrected chi connectivity index (χ0v) is 11.9. The van der Waals surface area contributed by atoms with Crippen molar-refractivity contribution in [1.29, 1.82) is 5.26 Å². The van der Waals surface area contributed by atoms with Crippen LogP contribution < -0.4 is 0 Å². The first-order chi connectivity index (χ1) is 9.41. The maximum Gasteiger partial charge on any atom is 0.349 e. The fourth-order valence-corrected chi connectivity index (χ4v) is 2.15. The lowest BCUT2D eigenvalue weighted by molar-refractivity contribution is -0.152. The van der Waals surface area contributed by atoms with Crippen molar-refractivity contribution in [2.75, 3.05) is 0 Å². The minimum absolute atomic E-state index is 0.104. The minimum atomic E-state index is -0.565. The Labute approximate surface area is 119 Å². The molecule has 2 rings (SSSR count). The van der Waals surface area contributed by atoms with E-state index < -0.39 is 11.6 Å². The number of carbonyl (C=O) groups excluding carboxylic acids is 1. The van der Waals surface area contributed by atoms with E-state index in [0.29, 0.717) is 6.42 Å². The summed E-state index contributed by atoms with van der Waals surface area (Å²) in [5.41, 5.74) is 2.50. The van der Waals surface area contributed by atoms with E-state index in [9.17, 15) is 4.79 Å². The van der Waals surface area contributed by atoms with Gasteiger partial charge < -0.3 is 4.74 Å². The van der Waals surface area contributed by atoms with E-state index in [1.807, 2.05) is 63.3 Å². The van der Waals surface area contributed by atoms with Crippen LogP contribution in [0, 0.1) is 18.3 Å². The minimum Gasteiger partial charge on any atom is -0.455 e. The zero-order valence-electron chi connectivity index (χ0n) is 11.9. The lowest BCUT2D eigenvalue weighted by Crippen LogP contribution is -2.33. The Bertz CT molecular complexity index is 628. The summed E-state index contributed by atoms with van der Waals surface area (Å²) in [6, 6.07) is 10.0. The maximum atomic E-state index is 11.8. The van der Waals surface area contributed by atoms with Crippen LogP contribution in [0.25, 0.3) is 6.08 Å². The summed E-state index contributed by atoms with van der Waals surface area (Å²) in [7, 11) is 0. The van der Waals surface area contributed by atoms with Crippen LogP contribution in [0.5, 0.6) is 0 Å². The highest BCUT2D eigenvalue weighted by atomic mass is 16.6. The van der Waals surface area contributed by atoms with Crippen molar-refractivity contribution in [3.8, 4) is 6.07 Å². The largest absolute Gasteiger partial charge is 0.455 e. The molecule has 0 aliphatic carbocycles. The molecule has 1 aromatic rings. The van der Waals surface area contributed by atoms with Crippen LogP contribution >= 0.6 is 0 Å². The van der Waals surface area contributed by atoms with Gasteiger partial charge in [0.25, 0.3) is 0 Å². The summed E-state index contributed by atoms with van der Waals surface area (Å²) in [6.45, 7) is 5.72. The van der Waals surface area contributed by atoms with Crippen LogP contribution in [0.3, 0.4) is 0 Å². The van der Waals surface area contributed by atoms with Gasteiger partial charge in [0.2, 0.25) is 0 Å². The number of allylic oxidation sites excluding steroid dienone is 1. The van der Waals surface area contributed by atoms with E-state index in [1.54, 1.807) is 0 Å². The molecule has 0 atom stereocenters. The van der Waals surface area contributed by atoms with Gasteiger partial charge in [-0.05, 0) is 31.9 Å². The Hall–Kier alpha value is -2.34. The summed E-state index contributed by atoms with van der Waals surface area (Å²) >= 11 is 0. The number of nitrogens with zero attached hydrogens (tertiary/aromatic N) is 1. The molecule has 1 heterocycles. The Morgan fingerprint density at radius 2 is 1.90 bits per heavy atom. The second-order valence-corrected chi connectivity index (χ2v) is 5.58. The van der Waals surface area contributed by atoms with Crippen molar-refractivity contribution in [2.24, 2.45) is 0 Å². The summed E-state index contributed by atoms with van der Waals surface area (Å²) < 4.78 is 5.22. The molecule has 3 heteroatoms. The molecule has 1 aliphatic rings. The number of aryl methyl sites for hydroxylation is 1. The number of ether oxygens (including phenoxy) is 1. The first-order valence-electron chi connectivity index (χ1n) is 6.53. The average Bonchev–Trinajstić information content (AvgIpc) is 2.36. The highest BCUT2D eigenvalue weighted by molar-refractivity contribution is 5.95. The molecule has 0 aromatic heterocycles. The third-order valence-corrected chi connectivity index (χ3v) is 3.18. The van der Waals surface area contributed by atoms with Gasteiger partial charge >= 0.3 is 5.97 Å². The van der Waals surface area contributed by atoms with Crippen LogP contribution in [0.1, 0.15) is 31.4 Å². The van der Waals surface area contributed by atoms with Gasteiger partial charge in [0.05, 0.1) is 0 Å².